The Morgan fingerprint density at radius 3 is 2.60 bits per heavy atom. The van der Waals surface area contributed by atoms with Gasteiger partial charge in [-0.2, -0.15) is 13.2 Å². The molecule has 1 aromatic carbocycles. The minimum atomic E-state index is -4.42. The number of rotatable bonds is 7. The number of benzene rings is 1. The highest BCUT2D eigenvalue weighted by molar-refractivity contribution is 5.43. The van der Waals surface area contributed by atoms with Crippen LogP contribution in [0.25, 0.3) is 0 Å². The Hall–Kier alpha value is -1.69. The first-order valence-electron chi connectivity index (χ1n) is 6.01. The van der Waals surface area contributed by atoms with Gasteiger partial charge in [0.25, 0.3) is 0 Å². The molecule has 1 atom stereocenters. The number of hydrogen-bond acceptors (Lipinski definition) is 3. The fourth-order valence-corrected chi connectivity index (χ4v) is 1.64. The number of halogens is 3. The summed E-state index contributed by atoms with van der Waals surface area (Å²) >= 11 is 0. The Morgan fingerprint density at radius 1 is 1.35 bits per heavy atom. The molecule has 3 nitrogen and oxygen atoms in total. The zero-order chi connectivity index (χ0) is 15.2. The maximum atomic E-state index is 12.1. The Morgan fingerprint density at radius 2 is 2.05 bits per heavy atom. The lowest BCUT2D eigenvalue weighted by Gasteiger charge is -2.16. The van der Waals surface area contributed by atoms with Gasteiger partial charge < -0.3 is 14.6 Å². The third kappa shape index (κ3) is 5.52. The monoisotopic (exact) mass is 290 g/mol. The van der Waals surface area contributed by atoms with E-state index in [0.29, 0.717) is 17.9 Å². The third-order valence-electron chi connectivity index (χ3n) is 2.51. The minimum Gasteiger partial charge on any atom is -0.493 e. The highest BCUT2D eigenvalue weighted by atomic mass is 19.4. The van der Waals surface area contributed by atoms with Crippen LogP contribution in [0.2, 0.25) is 0 Å². The Labute approximate surface area is 115 Å². The first kappa shape index (κ1) is 16.4. The van der Waals surface area contributed by atoms with Gasteiger partial charge in [-0.1, -0.05) is 12.1 Å². The van der Waals surface area contributed by atoms with Gasteiger partial charge in [0.2, 0.25) is 0 Å². The lowest BCUT2D eigenvalue weighted by molar-refractivity contribution is -0.156. The average Bonchev–Trinajstić information content (AvgIpc) is 2.35. The summed E-state index contributed by atoms with van der Waals surface area (Å²) in [6.45, 7) is 3.17. The number of allylic oxidation sites excluding steroid dienone is 1. The first-order chi connectivity index (χ1) is 9.35. The highest BCUT2D eigenvalue weighted by Gasteiger charge is 2.31. The topological polar surface area (TPSA) is 38.7 Å². The molecule has 0 aromatic heterocycles. The summed E-state index contributed by atoms with van der Waals surface area (Å²) in [7, 11) is 1.44. The highest BCUT2D eigenvalue weighted by Crippen LogP contribution is 2.29. The summed E-state index contributed by atoms with van der Waals surface area (Å²) in [5.74, 6) is 0.699. The summed E-state index contributed by atoms with van der Waals surface area (Å²) in [4.78, 5) is 0. The van der Waals surface area contributed by atoms with Gasteiger partial charge in [0.15, 0.2) is 11.5 Å². The van der Waals surface area contributed by atoms with Crippen LogP contribution in [-0.2, 0) is 6.42 Å². The van der Waals surface area contributed by atoms with Gasteiger partial charge in [-0.3, -0.25) is 0 Å². The van der Waals surface area contributed by atoms with E-state index in [0.717, 1.165) is 5.56 Å². The van der Waals surface area contributed by atoms with Gasteiger partial charge in [0, 0.05) is 0 Å². The minimum absolute atomic E-state index is 0.293. The molecule has 0 heterocycles. The lowest BCUT2D eigenvalue weighted by Crippen LogP contribution is -2.25. The van der Waals surface area contributed by atoms with Crippen LogP contribution in [0.4, 0.5) is 13.2 Å². The van der Waals surface area contributed by atoms with E-state index in [1.807, 2.05) is 0 Å². The van der Waals surface area contributed by atoms with E-state index >= 15 is 0 Å². The molecule has 0 amide bonds. The summed E-state index contributed by atoms with van der Waals surface area (Å²) in [6.07, 6.45) is -4.95. The second-order valence-electron chi connectivity index (χ2n) is 4.26. The van der Waals surface area contributed by atoms with E-state index in [-0.39, 0.29) is 0 Å². The van der Waals surface area contributed by atoms with Gasteiger partial charge >= 0.3 is 6.18 Å². The number of aliphatic hydroxyl groups is 1. The molecule has 0 aliphatic rings. The number of aliphatic hydroxyl groups excluding tert-OH is 1. The van der Waals surface area contributed by atoms with Crippen molar-refractivity contribution in [2.24, 2.45) is 0 Å². The second kappa shape index (κ2) is 7.19. The zero-order valence-electron chi connectivity index (χ0n) is 11.1. The summed E-state index contributed by atoms with van der Waals surface area (Å²) in [5, 5.41) is 9.25. The van der Waals surface area contributed by atoms with Crippen molar-refractivity contribution in [3.8, 4) is 11.5 Å². The molecule has 112 valence electrons. The standard InChI is InChI=1S/C14H17F3O3/c1-3-4-10-5-6-12(13(7-10)19-2)20-9-11(18)8-14(15,16)17/h3,5-7,11,18H,1,4,8-9H2,2H3. The van der Waals surface area contributed by atoms with Crippen molar-refractivity contribution in [3.05, 3.63) is 36.4 Å². The van der Waals surface area contributed by atoms with Crippen LogP contribution < -0.4 is 9.47 Å². The smallest absolute Gasteiger partial charge is 0.391 e. The molecule has 0 saturated heterocycles. The molecule has 0 bridgehead atoms. The van der Waals surface area contributed by atoms with E-state index < -0.39 is 25.3 Å². The van der Waals surface area contributed by atoms with Crippen LogP contribution in [0.3, 0.4) is 0 Å². The molecule has 1 N–H and O–H groups in total. The van der Waals surface area contributed by atoms with Crippen molar-refractivity contribution in [2.75, 3.05) is 13.7 Å². The van der Waals surface area contributed by atoms with E-state index in [2.05, 4.69) is 6.58 Å². The third-order valence-corrected chi connectivity index (χ3v) is 2.51. The molecule has 0 aliphatic carbocycles. The molecule has 0 spiro atoms. The van der Waals surface area contributed by atoms with Crippen LogP contribution in [0.15, 0.2) is 30.9 Å². The van der Waals surface area contributed by atoms with Gasteiger partial charge in [-0.15, -0.1) is 6.58 Å². The van der Waals surface area contributed by atoms with E-state index in [9.17, 15) is 18.3 Å². The van der Waals surface area contributed by atoms with Crippen molar-refractivity contribution in [1.82, 2.24) is 0 Å². The van der Waals surface area contributed by atoms with Crippen molar-refractivity contribution in [2.45, 2.75) is 25.1 Å². The summed E-state index contributed by atoms with van der Waals surface area (Å²) < 4.78 is 46.5. The SMILES string of the molecule is C=CCc1ccc(OCC(O)CC(F)(F)F)c(OC)c1. The van der Waals surface area contributed by atoms with E-state index in [4.69, 9.17) is 9.47 Å². The lowest BCUT2D eigenvalue weighted by atomic mass is 10.1. The van der Waals surface area contributed by atoms with Gasteiger partial charge in [0.05, 0.1) is 19.6 Å². The predicted molar refractivity (Wildman–Crippen MR) is 69.1 cm³/mol. The van der Waals surface area contributed by atoms with Crippen LogP contribution in [0.1, 0.15) is 12.0 Å². The van der Waals surface area contributed by atoms with Crippen LogP contribution in [0.5, 0.6) is 11.5 Å². The molecule has 6 heteroatoms. The average molecular weight is 290 g/mol. The van der Waals surface area contributed by atoms with Crippen LogP contribution in [-0.4, -0.2) is 31.1 Å². The predicted octanol–water partition coefficient (Wildman–Crippen LogP) is 3.12. The fourth-order valence-electron chi connectivity index (χ4n) is 1.64. The first-order valence-corrected chi connectivity index (χ1v) is 6.01. The van der Waals surface area contributed by atoms with Gasteiger partial charge in [-0.25, -0.2) is 0 Å². The summed E-state index contributed by atoms with van der Waals surface area (Å²) in [5.41, 5.74) is 0.944. The van der Waals surface area contributed by atoms with Crippen LogP contribution >= 0.6 is 0 Å². The molecular formula is C14H17F3O3. The zero-order valence-corrected chi connectivity index (χ0v) is 11.1. The molecular weight excluding hydrogens is 273 g/mol. The Bertz CT molecular complexity index is 444. The molecule has 0 fully saturated rings. The molecule has 0 radical (unpaired) electrons. The Kier molecular flexibility index (Phi) is 5.88. The fraction of sp³-hybridized carbons (Fsp3) is 0.429. The normalized spacial score (nSPS) is 12.8. The number of methoxy groups -OCH3 is 1. The quantitative estimate of drug-likeness (QED) is 0.784. The molecule has 1 unspecified atom stereocenters. The van der Waals surface area contributed by atoms with Crippen LogP contribution in [0, 0.1) is 0 Å². The Balaban J connectivity index is 2.65. The molecule has 0 saturated carbocycles. The number of hydrogen-bond donors (Lipinski definition) is 1. The van der Waals surface area contributed by atoms with Crippen molar-refractivity contribution >= 4 is 0 Å². The van der Waals surface area contributed by atoms with Gasteiger partial charge in [-0.05, 0) is 24.1 Å². The van der Waals surface area contributed by atoms with E-state index in [1.54, 1.807) is 24.3 Å². The molecule has 20 heavy (non-hydrogen) atoms. The van der Waals surface area contributed by atoms with Crippen molar-refractivity contribution in [1.29, 1.82) is 0 Å². The number of ether oxygens (including phenoxy) is 2. The summed E-state index contributed by atoms with van der Waals surface area (Å²) in [6, 6.07) is 5.07. The van der Waals surface area contributed by atoms with E-state index in [1.165, 1.54) is 7.11 Å². The maximum Gasteiger partial charge on any atom is 0.391 e. The van der Waals surface area contributed by atoms with Gasteiger partial charge in [0.1, 0.15) is 6.61 Å². The second-order valence-corrected chi connectivity index (χ2v) is 4.26. The van der Waals surface area contributed by atoms with Crippen molar-refractivity contribution in [3.63, 3.8) is 0 Å². The maximum absolute atomic E-state index is 12.1. The van der Waals surface area contributed by atoms with Crippen molar-refractivity contribution < 1.29 is 27.8 Å². The molecule has 1 rings (SSSR count). The largest absolute Gasteiger partial charge is 0.493 e. The number of alkyl halides is 3. The molecule has 1 aromatic rings. The molecule has 0 aliphatic heterocycles.